The minimum Gasteiger partial charge on any atom is -0.233 e. The van der Waals surface area contributed by atoms with E-state index in [4.69, 9.17) is 11.6 Å². The summed E-state index contributed by atoms with van der Waals surface area (Å²) in [6.07, 6.45) is 3.99. The van der Waals surface area contributed by atoms with E-state index in [-0.39, 0.29) is 4.71 Å². The Morgan fingerprint density at radius 3 is 3.00 bits per heavy atom. The zero-order chi connectivity index (χ0) is 7.82. The number of nitrogens with zero attached hydrogens (tertiary/aromatic N) is 1. The van der Waals surface area contributed by atoms with Gasteiger partial charge in [0.15, 0.2) is 0 Å². The van der Waals surface area contributed by atoms with Gasteiger partial charge in [0.1, 0.15) is 0 Å². The van der Waals surface area contributed by atoms with Gasteiger partial charge in [-0.3, -0.25) is 0 Å². The lowest BCUT2D eigenvalue weighted by atomic mass is 10.3. The number of halogens is 1. The molecule has 0 heterocycles. The topological polar surface area (TPSA) is 12.4 Å². The van der Waals surface area contributed by atoms with Crippen LogP contribution in [-0.2, 0) is 0 Å². The Balaban J connectivity index is 3.10. The molecule has 0 amide bonds. The lowest BCUT2D eigenvalue weighted by Crippen LogP contribution is -1.92. The summed E-state index contributed by atoms with van der Waals surface area (Å²) < 4.78 is 0.223. The van der Waals surface area contributed by atoms with Crippen molar-refractivity contribution in [3.05, 3.63) is 0 Å². The predicted octanol–water partition coefficient (Wildman–Crippen LogP) is 2.80. The second kappa shape index (κ2) is 7.55. The van der Waals surface area contributed by atoms with Crippen molar-refractivity contribution in [3.63, 3.8) is 0 Å². The summed E-state index contributed by atoms with van der Waals surface area (Å²) in [7, 11) is 0. The molecule has 0 aliphatic heterocycles. The minimum absolute atomic E-state index is 0.223. The lowest BCUT2D eigenvalue weighted by Gasteiger charge is -2.01. The molecule has 0 bridgehead atoms. The van der Waals surface area contributed by atoms with Crippen molar-refractivity contribution in [2.45, 2.75) is 17.6 Å². The first kappa shape index (κ1) is 10.4. The van der Waals surface area contributed by atoms with Gasteiger partial charge in [0.25, 0.3) is 0 Å². The molecule has 0 rings (SSSR count). The van der Waals surface area contributed by atoms with Gasteiger partial charge >= 0.3 is 0 Å². The number of hydrogen-bond acceptors (Lipinski definition) is 3. The van der Waals surface area contributed by atoms with Crippen molar-refractivity contribution >= 4 is 40.7 Å². The molecule has 0 N–H and O–H groups in total. The molecule has 1 nitrogen and oxygen atoms in total. The molecular weight excluding hydrogens is 186 g/mol. The van der Waals surface area contributed by atoms with Crippen LogP contribution < -0.4 is 0 Å². The van der Waals surface area contributed by atoms with Crippen LogP contribution in [0.25, 0.3) is 0 Å². The molecule has 4 heteroatoms. The number of rotatable bonds is 5. The van der Waals surface area contributed by atoms with Crippen LogP contribution in [0.3, 0.4) is 0 Å². The largest absolute Gasteiger partial charge is 0.233 e. The normalized spacial score (nSPS) is 12.2. The highest BCUT2D eigenvalue weighted by molar-refractivity contribution is 8.00. The van der Waals surface area contributed by atoms with Gasteiger partial charge in [-0.2, -0.15) is 0 Å². The Morgan fingerprint density at radius 1 is 1.80 bits per heavy atom. The Hall–Kier alpha value is 0.440. The molecule has 58 valence electrons. The van der Waals surface area contributed by atoms with Crippen LogP contribution in [0.5, 0.6) is 0 Å². The molecule has 0 saturated heterocycles. The van der Waals surface area contributed by atoms with Crippen LogP contribution in [0.4, 0.5) is 0 Å². The van der Waals surface area contributed by atoms with Gasteiger partial charge in [-0.05, 0) is 31.3 Å². The smallest absolute Gasteiger partial charge is 0.0786 e. The lowest BCUT2D eigenvalue weighted by molar-refractivity contribution is 0.798. The Labute approximate surface area is 76.2 Å². The average Bonchev–Trinajstić information content (AvgIpc) is 1.98. The molecule has 0 radical (unpaired) electrons. The Bertz CT molecular complexity index is 123. The monoisotopic (exact) mass is 195 g/mol. The van der Waals surface area contributed by atoms with E-state index in [0.29, 0.717) is 0 Å². The van der Waals surface area contributed by atoms with E-state index in [9.17, 15) is 0 Å². The average molecular weight is 196 g/mol. The fourth-order valence-electron chi connectivity index (χ4n) is 0.494. The van der Waals surface area contributed by atoms with E-state index in [2.05, 4.69) is 22.4 Å². The van der Waals surface area contributed by atoms with Gasteiger partial charge in [-0.1, -0.05) is 0 Å². The van der Waals surface area contributed by atoms with Gasteiger partial charge in [-0.25, -0.2) is 4.99 Å². The summed E-state index contributed by atoms with van der Waals surface area (Å²) >= 11 is 11.9. The first-order valence-corrected chi connectivity index (χ1v) is 5.15. The second-order valence-corrected chi connectivity index (χ2v) is 3.77. The fourth-order valence-corrected chi connectivity index (χ4v) is 1.14. The van der Waals surface area contributed by atoms with Gasteiger partial charge in [0, 0.05) is 6.54 Å². The van der Waals surface area contributed by atoms with Crippen LogP contribution in [-0.4, -0.2) is 22.7 Å². The van der Waals surface area contributed by atoms with E-state index in [1.54, 1.807) is 11.8 Å². The first-order chi connectivity index (χ1) is 4.81. The summed E-state index contributed by atoms with van der Waals surface area (Å²) in [4.78, 5) is 3.77. The highest BCUT2D eigenvalue weighted by Gasteiger charge is 1.98. The maximum absolute atomic E-state index is 5.82. The molecule has 0 aromatic rings. The minimum atomic E-state index is 0.223. The van der Waals surface area contributed by atoms with Gasteiger partial charge in [-0.15, -0.1) is 23.4 Å². The number of thioether (sulfide) groups is 1. The third kappa shape index (κ3) is 6.56. The van der Waals surface area contributed by atoms with Crippen molar-refractivity contribution in [2.24, 2.45) is 4.99 Å². The molecule has 0 spiro atoms. The zero-order valence-electron chi connectivity index (χ0n) is 5.84. The highest BCUT2D eigenvalue weighted by atomic mass is 35.5. The Kier molecular flexibility index (Phi) is 7.88. The SMILES string of the molecule is CSC(Cl)CCCN=C=S. The van der Waals surface area contributed by atoms with Crippen molar-refractivity contribution in [1.82, 2.24) is 0 Å². The van der Waals surface area contributed by atoms with E-state index < -0.39 is 0 Å². The molecule has 0 aromatic heterocycles. The Morgan fingerprint density at radius 2 is 2.50 bits per heavy atom. The first-order valence-electron chi connectivity index (χ1n) is 3.01. The predicted molar refractivity (Wildman–Crippen MR) is 52.3 cm³/mol. The fraction of sp³-hybridized carbons (Fsp3) is 0.833. The van der Waals surface area contributed by atoms with Crippen LogP contribution in [0.15, 0.2) is 4.99 Å². The van der Waals surface area contributed by atoms with Crippen molar-refractivity contribution in [3.8, 4) is 0 Å². The van der Waals surface area contributed by atoms with Gasteiger partial charge in [0.05, 0.1) is 9.87 Å². The third-order valence-electron chi connectivity index (χ3n) is 1.02. The molecule has 0 aromatic carbocycles. The highest BCUT2D eigenvalue weighted by Crippen LogP contribution is 2.16. The molecule has 1 unspecified atom stereocenters. The quantitative estimate of drug-likeness (QED) is 0.290. The van der Waals surface area contributed by atoms with Gasteiger partial charge in [0.2, 0.25) is 0 Å². The van der Waals surface area contributed by atoms with Crippen LogP contribution in [0, 0.1) is 0 Å². The third-order valence-corrected chi connectivity index (χ3v) is 2.65. The molecule has 1 atom stereocenters. The maximum atomic E-state index is 5.82. The number of aliphatic imine (C=N–C) groups is 1. The summed E-state index contributed by atoms with van der Waals surface area (Å²) in [6, 6.07) is 0. The molecular formula is C6H10ClNS2. The second-order valence-electron chi connectivity index (χ2n) is 1.76. The van der Waals surface area contributed by atoms with E-state index in [0.717, 1.165) is 19.4 Å². The molecule has 10 heavy (non-hydrogen) atoms. The number of isothiocyanates is 1. The summed E-state index contributed by atoms with van der Waals surface area (Å²) in [5.41, 5.74) is 0. The van der Waals surface area contributed by atoms with Gasteiger partial charge < -0.3 is 0 Å². The van der Waals surface area contributed by atoms with Crippen molar-refractivity contribution in [2.75, 3.05) is 12.8 Å². The molecule has 0 aliphatic rings. The van der Waals surface area contributed by atoms with Crippen LogP contribution in [0.1, 0.15) is 12.8 Å². The number of alkyl halides is 1. The maximum Gasteiger partial charge on any atom is 0.0786 e. The van der Waals surface area contributed by atoms with E-state index in [1.807, 2.05) is 6.26 Å². The summed E-state index contributed by atoms with van der Waals surface area (Å²) in [5, 5.41) is 2.32. The number of thiocarbonyl (C=S) groups is 1. The molecule has 0 fully saturated rings. The number of hydrogen-bond donors (Lipinski definition) is 0. The van der Waals surface area contributed by atoms with Crippen LogP contribution in [0.2, 0.25) is 0 Å². The zero-order valence-corrected chi connectivity index (χ0v) is 8.23. The van der Waals surface area contributed by atoms with E-state index >= 15 is 0 Å². The summed E-state index contributed by atoms with van der Waals surface area (Å²) in [5.74, 6) is 0. The molecule has 0 saturated carbocycles. The summed E-state index contributed by atoms with van der Waals surface area (Å²) in [6.45, 7) is 0.757. The van der Waals surface area contributed by atoms with Crippen molar-refractivity contribution in [1.29, 1.82) is 0 Å². The molecule has 0 aliphatic carbocycles. The standard InChI is InChI=1S/C6H10ClNS2/c1-10-6(7)3-2-4-8-5-9/h6H,2-4H2,1H3. The van der Waals surface area contributed by atoms with Crippen molar-refractivity contribution < 1.29 is 0 Å². The van der Waals surface area contributed by atoms with Crippen LogP contribution >= 0.6 is 35.6 Å². The van der Waals surface area contributed by atoms with E-state index in [1.165, 1.54) is 0 Å².